The molecular formula is C9H9NO2. The van der Waals surface area contributed by atoms with E-state index in [4.69, 9.17) is 14.4 Å². The molecule has 0 N–H and O–H groups in total. The van der Waals surface area contributed by atoms with Crippen molar-refractivity contribution in [2.45, 2.75) is 6.61 Å². The Labute approximate surface area is 70.9 Å². The van der Waals surface area contributed by atoms with E-state index >= 15 is 0 Å². The number of furan rings is 1. The zero-order chi connectivity index (χ0) is 8.81. The Hall–Kier alpha value is -1.53. The van der Waals surface area contributed by atoms with E-state index in [1.807, 2.05) is 12.1 Å². The highest BCUT2D eigenvalue weighted by molar-refractivity contribution is 5.46. The van der Waals surface area contributed by atoms with E-state index in [0.717, 1.165) is 5.76 Å². The minimum absolute atomic E-state index is 0.459. The third-order valence-corrected chi connectivity index (χ3v) is 1.29. The molecule has 12 heavy (non-hydrogen) atoms. The van der Waals surface area contributed by atoms with Gasteiger partial charge in [0.1, 0.15) is 18.1 Å². The van der Waals surface area contributed by atoms with Gasteiger partial charge in [-0.25, -0.2) is 0 Å². The lowest BCUT2D eigenvalue weighted by Crippen LogP contribution is -1.81. The molecule has 3 nitrogen and oxygen atoms in total. The predicted molar refractivity (Wildman–Crippen MR) is 44.1 cm³/mol. The molecule has 1 aromatic heterocycles. The van der Waals surface area contributed by atoms with Gasteiger partial charge in [-0.2, -0.15) is 5.26 Å². The van der Waals surface area contributed by atoms with Crippen LogP contribution in [-0.4, -0.2) is 7.11 Å². The van der Waals surface area contributed by atoms with Crippen LogP contribution in [0, 0.1) is 11.3 Å². The van der Waals surface area contributed by atoms with E-state index in [1.165, 1.54) is 6.08 Å². The maximum atomic E-state index is 8.23. The Morgan fingerprint density at radius 3 is 3.17 bits per heavy atom. The first-order chi connectivity index (χ1) is 5.86. The van der Waals surface area contributed by atoms with Gasteiger partial charge in [-0.15, -0.1) is 0 Å². The molecule has 0 unspecified atom stereocenters. The summed E-state index contributed by atoms with van der Waals surface area (Å²) in [5, 5.41) is 8.23. The van der Waals surface area contributed by atoms with E-state index < -0.39 is 0 Å². The van der Waals surface area contributed by atoms with Crippen LogP contribution in [0.1, 0.15) is 11.5 Å². The molecule has 1 aromatic rings. The molecule has 0 amide bonds. The van der Waals surface area contributed by atoms with Crippen LogP contribution in [0.5, 0.6) is 0 Å². The molecule has 0 spiro atoms. The minimum atomic E-state index is 0.459. The number of rotatable bonds is 3. The number of nitrogens with zero attached hydrogens (tertiary/aromatic N) is 1. The molecule has 1 heterocycles. The fourth-order valence-corrected chi connectivity index (χ4v) is 0.823. The maximum absolute atomic E-state index is 8.23. The van der Waals surface area contributed by atoms with Crippen LogP contribution in [0.3, 0.4) is 0 Å². The molecule has 1 rings (SSSR count). The third-order valence-electron chi connectivity index (χ3n) is 1.29. The van der Waals surface area contributed by atoms with Gasteiger partial charge in [0.15, 0.2) is 0 Å². The first-order valence-corrected chi connectivity index (χ1v) is 3.50. The number of methoxy groups -OCH3 is 1. The molecule has 0 fully saturated rings. The summed E-state index contributed by atoms with van der Waals surface area (Å²) < 4.78 is 10.1. The molecule has 3 heteroatoms. The summed E-state index contributed by atoms with van der Waals surface area (Å²) in [6, 6.07) is 5.50. The monoisotopic (exact) mass is 163 g/mol. The first-order valence-electron chi connectivity index (χ1n) is 3.50. The number of nitriles is 1. The van der Waals surface area contributed by atoms with Crippen LogP contribution < -0.4 is 0 Å². The summed E-state index contributed by atoms with van der Waals surface area (Å²) >= 11 is 0. The Balaban J connectivity index is 2.65. The lowest BCUT2D eigenvalue weighted by atomic mass is 10.4. The van der Waals surface area contributed by atoms with Gasteiger partial charge in [0, 0.05) is 13.2 Å². The van der Waals surface area contributed by atoms with Gasteiger partial charge in [-0.3, -0.25) is 0 Å². The molecule has 0 aliphatic carbocycles. The number of allylic oxidation sites excluding steroid dienone is 1. The Bertz CT molecular complexity index is 307. The molecule has 0 atom stereocenters. The van der Waals surface area contributed by atoms with E-state index in [1.54, 1.807) is 19.3 Å². The van der Waals surface area contributed by atoms with Crippen molar-refractivity contribution in [3.8, 4) is 6.07 Å². The quantitative estimate of drug-likeness (QED) is 0.640. The third kappa shape index (κ3) is 2.26. The zero-order valence-electron chi connectivity index (χ0n) is 6.78. The van der Waals surface area contributed by atoms with Gasteiger partial charge < -0.3 is 9.15 Å². The summed E-state index contributed by atoms with van der Waals surface area (Å²) in [4.78, 5) is 0. The van der Waals surface area contributed by atoms with Crippen molar-refractivity contribution >= 4 is 6.08 Å². The molecule has 0 bridgehead atoms. The molecule has 0 saturated carbocycles. The van der Waals surface area contributed by atoms with Gasteiger partial charge in [0.2, 0.25) is 0 Å². The van der Waals surface area contributed by atoms with Crippen LogP contribution >= 0.6 is 0 Å². The lowest BCUT2D eigenvalue weighted by Gasteiger charge is -1.90. The maximum Gasteiger partial charge on any atom is 0.130 e. The fourth-order valence-electron chi connectivity index (χ4n) is 0.823. The number of hydrogen-bond acceptors (Lipinski definition) is 3. The van der Waals surface area contributed by atoms with Crippen LogP contribution in [0.2, 0.25) is 0 Å². The summed E-state index contributed by atoms with van der Waals surface area (Å²) in [5.74, 6) is 1.43. The largest absolute Gasteiger partial charge is 0.459 e. The molecule has 0 aliphatic rings. The summed E-state index contributed by atoms with van der Waals surface area (Å²) in [7, 11) is 1.60. The Morgan fingerprint density at radius 2 is 2.50 bits per heavy atom. The van der Waals surface area contributed by atoms with E-state index in [-0.39, 0.29) is 0 Å². The highest BCUT2D eigenvalue weighted by Gasteiger charge is 1.96. The van der Waals surface area contributed by atoms with Crippen molar-refractivity contribution in [2.75, 3.05) is 7.11 Å². The highest BCUT2D eigenvalue weighted by atomic mass is 16.5. The van der Waals surface area contributed by atoms with Gasteiger partial charge in [0.05, 0.1) is 6.07 Å². The fraction of sp³-hybridized carbons (Fsp3) is 0.222. The molecule has 62 valence electrons. The molecule has 0 aromatic carbocycles. The molecular weight excluding hydrogens is 154 g/mol. The summed E-state index contributed by atoms with van der Waals surface area (Å²) in [6.07, 6.45) is 2.98. The van der Waals surface area contributed by atoms with Gasteiger partial charge in [-0.05, 0) is 18.2 Å². The second-order valence-electron chi connectivity index (χ2n) is 2.20. The van der Waals surface area contributed by atoms with Crippen LogP contribution in [0.25, 0.3) is 6.08 Å². The van der Waals surface area contributed by atoms with Gasteiger partial charge in [0.25, 0.3) is 0 Å². The number of hydrogen-bond donors (Lipinski definition) is 0. The number of ether oxygens (including phenoxy) is 1. The molecule has 0 aliphatic heterocycles. The molecule has 0 saturated heterocycles. The normalized spacial score (nSPS) is 10.3. The van der Waals surface area contributed by atoms with Crippen LogP contribution in [0.15, 0.2) is 22.6 Å². The summed E-state index contributed by atoms with van der Waals surface area (Å²) in [6.45, 7) is 0.459. The zero-order valence-corrected chi connectivity index (χ0v) is 6.78. The predicted octanol–water partition coefficient (Wildman–Crippen LogP) is 1.96. The first kappa shape index (κ1) is 8.57. The van der Waals surface area contributed by atoms with Crippen molar-refractivity contribution < 1.29 is 9.15 Å². The second kappa shape index (κ2) is 4.37. The van der Waals surface area contributed by atoms with Crippen LogP contribution in [0.4, 0.5) is 0 Å². The van der Waals surface area contributed by atoms with Crippen LogP contribution in [-0.2, 0) is 11.3 Å². The van der Waals surface area contributed by atoms with Crippen molar-refractivity contribution in [3.63, 3.8) is 0 Å². The Morgan fingerprint density at radius 1 is 1.67 bits per heavy atom. The topological polar surface area (TPSA) is 46.2 Å². The standard InChI is InChI=1S/C9H9NO2/c1-11-7-9-5-4-8(12-9)3-2-6-10/h2-5H,7H2,1H3/b3-2+. The van der Waals surface area contributed by atoms with E-state index in [0.29, 0.717) is 12.4 Å². The smallest absolute Gasteiger partial charge is 0.130 e. The minimum Gasteiger partial charge on any atom is -0.459 e. The average Bonchev–Trinajstić information content (AvgIpc) is 2.50. The lowest BCUT2D eigenvalue weighted by molar-refractivity contribution is 0.164. The molecule has 0 radical (unpaired) electrons. The Kier molecular flexibility index (Phi) is 3.12. The highest BCUT2D eigenvalue weighted by Crippen LogP contribution is 2.09. The van der Waals surface area contributed by atoms with Crippen molar-refractivity contribution in [1.82, 2.24) is 0 Å². The van der Waals surface area contributed by atoms with E-state index in [9.17, 15) is 0 Å². The second-order valence-corrected chi connectivity index (χ2v) is 2.20. The van der Waals surface area contributed by atoms with Gasteiger partial charge in [-0.1, -0.05) is 0 Å². The average molecular weight is 163 g/mol. The van der Waals surface area contributed by atoms with Crippen molar-refractivity contribution in [2.24, 2.45) is 0 Å². The van der Waals surface area contributed by atoms with E-state index in [2.05, 4.69) is 0 Å². The van der Waals surface area contributed by atoms with Crippen molar-refractivity contribution in [3.05, 3.63) is 29.7 Å². The van der Waals surface area contributed by atoms with Crippen molar-refractivity contribution in [1.29, 1.82) is 5.26 Å². The van der Waals surface area contributed by atoms with Gasteiger partial charge >= 0.3 is 0 Å². The SMILES string of the molecule is COCc1ccc(/C=C/C#N)o1. The summed E-state index contributed by atoms with van der Waals surface area (Å²) in [5.41, 5.74) is 0.